The largest absolute Gasteiger partial charge is 0.371 e. The lowest BCUT2D eigenvalue weighted by atomic mass is 10.4. The van der Waals surface area contributed by atoms with Gasteiger partial charge in [0, 0.05) is 42.3 Å². The third-order valence-corrected chi connectivity index (χ3v) is 4.34. The first-order valence-electron chi connectivity index (χ1n) is 7.51. The van der Waals surface area contributed by atoms with E-state index >= 15 is 0 Å². The highest BCUT2D eigenvalue weighted by atomic mass is 16.7. The Morgan fingerprint density at radius 2 is 1.24 bits per heavy atom. The molecular weight excluding hydrogens is 338 g/mol. The van der Waals surface area contributed by atoms with Crippen LogP contribution < -0.4 is 17.1 Å². The highest BCUT2D eigenvalue weighted by Crippen LogP contribution is 2.16. The number of methoxy groups -OCH3 is 4. The zero-order valence-electron chi connectivity index (χ0n) is 15.1. The summed E-state index contributed by atoms with van der Waals surface area (Å²) in [5.41, 5.74) is -2.77. The molecule has 11 heteroatoms. The van der Waals surface area contributed by atoms with Gasteiger partial charge in [-0.25, -0.2) is 19.0 Å². The number of hydrogen-bond donors (Lipinski definition) is 0. The van der Waals surface area contributed by atoms with Crippen molar-refractivity contribution in [2.75, 3.05) is 35.0 Å². The third-order valence-electron chi connectivity index (χ3n) is 4.34. The normalized spacial score (nSPS) is 17.8. The van der Waals surface area contributed by atoms with Gasteiger partial charge in [0.05, 0.1) is 19.3 Å². The quantitative estimate of drug-likeness (QED) is 0.402. The van der Waals surface area contributed by atoms with Crippen molar-refractivity contribution < 1.29 is 23.7 Å². The first-order valence-corrected chi connectivity index (χ1v) is 7.51. The summed E-state index contributed by atoms with van der Waals surface area (Å²) >= 11 is 0. The summed E-state index contributed by atoms with van der Waals surface area (Å²) in [6.07, 6.45) is -0.280. The van der Waals surface area contributed by atoms with Crippen LogP contribution in [0.3, 0.4) is 0 Å². The molecule has 2 heterocycles. The van der Waals surface area contributed by atoms with E-state index in [2.05, 4.69) is 0 Å². The first kappa shape index (κ1) is 19.5. The van der Waals surface area contributed by atoms with Crippen molar-refractivity contribution in [1.82, 2.24) is 13.7 Å². The second kappa shape index (κ2) is 6.84. The molecule has 0 spiro atoms. The molecule has 25 heavy (non-hydrogen) atoms. The topological polar surface area (TPSA) is 115 Å². The minimum Gasteiger partial charge on any atom is -0.371 e. The Balaban J connectivity index is 2.91. The van der Waals surface area contributed by atoms with Gasteiger partial charge in [0.25, 0.3) is 11.8 Å². The molecule has 1 aromatic heterocycles. The monoisotopic (exact) mass is 361 g/mol. The van der Waals surface area contributed by atoms with Crippen LogP contribution in [0.4, 0.5) is 0 Å². The minimum atomic E-state index is -1.74. The van der Waals surface area contributed by atoms with Crippen molar-refractivity contribution in [3.63, 3.8) is 0 Å². The average molecular weight is 361 g/mol. The molecule has 0 radical (unpaired) electrons. The van der Waals surface area contributed by atoms with Crippen LogP contribution in [0.5, 0.6) is 0 Å². The van der Waals surface area contributed by atoms with E-state index in [0.29, 0.717) is 15.7 Å². The maximum absolute atomic E-state index is 13.0. The summed E-state index contributed by atoms with van der Waals surface area (Å²) in [6.45, 7) is 3.15. The molecule has 142 valence electrons. The predicted octanol–water partition coefficient (Wildman–Crippen LogP) is -1.58. The van der Waals surface area contributed by atoms with Gasteiger partial charge in [-0.15, -0.1) is 0 Å². The zero-order valence-corrected chi connectivity index (χ0v) is 15.1. The highest BCUT2D eigenvalue weighted by Gasteiger charge is 2.39. The SMILES string of the molecule is COC(C)(OC)n1c(=O)n(CC2CO2)c(=O)n(C(C)(OC)OC)c1=O. The van der Waals surface area contributed by atoms with Crippen LogP contribution in [0, 0.1) is 0 Å². The molecular formula is C14H23N3O8. The van der Waals surface area contributed by atoms with Crippen molar-refractivity contribution in [2.45, 2.75) is 38.3 Å². The van der Waals surface area contributed by atoms with Gasteiger partial charge in [0.2, 0.25) is 0 Å². The molecule has 0 aromatic carbocycles. The third kappa shape index (κ3) is 3.20. The number of rotatable bonds is 8. The number of nitrogens with zero attached hydrogens (tertiary/aromatic N) is 3. The molecule has 11 nitrogen and oxygen atoms in total. The molecule has 1 aliphatic rings. The molecule has 2 rings (SSSR count). The average Bonchev–Trinajstić information content (AvgIpc) is 3.42. The van der Waals surface area contributed by atoms with Gasteiger partial charge in [-0.05, 0) is 0 Å². The summed E-state index contributed by atoms with van der Waals surface area (Å²) in [6, 6.07) is 0. The molecule has 0 N–H and O–H groups in total. The molecule has 0 amide bonds. The van der Waals surface area contributed by atoms with E-state index in [1.807, 2.05) is 0 Å². The number of hydrogen-bond acceptors (Lipinski definition) is 8. The van der Waals surface area contributed by atoms with Gasteiger partial charge in [-0.2, -0.15) is 9.13 Å². The van der Waals surface area contributed by atoms with E-state index in [0.717, 1.165) is 4.57 Å². The Labute approximate surface area is 143 Å². The van der Waals surface area contributed by atoms with E-state index in [9.17, 15) is 14.4 Å². The number of aromatic nitrogens is 3. The van der Waals surface area contributed by atoms with Crippen LogP contribution in [0.25, 0.3) is 0 Å². The fourth-order valence-corrected chi connectivity index (χ4v) is 2.35. The van der Waals surface area contributed by atoms with Gasteiger partial charge in [-0.3, -0.25) is 0 Å². The lowest BCUT2D eigenvalue weighted by molar-refractivity contribution is -0.274. The second-order valence-corrected chi connectivity index (χ2v) is 5.70. The van der Waals surface area contributed by atoms with Crippen molar-refractivity contribution in [3.8, 4) is 0 Å². The fourth-order valence-electron chi connectivity index (χ4n) is 2.35. The Morgan fingerprint density at radius 3 is 1.52 bits per heavy atom. The Bertz CT molecular complexity index is 740. The summed E-state index contributed by atoms with van der Waals surface area (Å²) in [5.74, 6) is -3.48. The standard InChI is InChI=1S/C14H23N3O8/c1-13(21-3,22-4)16-10(18)15(7-9-8-25-9)11(19)17(12(16)20)14(2,23-5)24-6/h9H,7-8H2,1-6H3. The Hall–Kier alpha value is -1.79. The van der Waals surface area contributed by atoms with E-state index in [1.165, 1.54) is 42.3 Å². The molecule has 0 aliphatic carbocycles. The van der Waals surface area contributed by atoms with Gasteiger partial charge in [-0.1, -0.05) is 0 Å². The van der Waals surface area contributed by atoms with Crippen LogP contribution >= 0.6 is 0 Å². The van der Waals surface area contributed by atoms with Crippen LogP contribution in [0.15, 0.2) is 14.4 Å². The Morgan fingerprint density at radius 1 is 0.880 bits per heavy atom. The van der Waals surface area contributed by atoms with Crippen molar-refractivity contribution in [2.24, 2.45) is 0 Å². The summed E-state index contributed by atoms with van der Waals surface area (Å²) in [5, 5.41) is 0. The summed E-state index contributed by atoms with van der Waals surface area (Å²) in [7, 11) is 5.08. The smallest absolute Gasteiger partial charge is 0.345 e. The summed E-state index contributed by atoms with van der Waals surface area (Å²) in [4.78, 5) is 38.6. The maximum atomic E-state index is 13.0. The van der Waals surface area contributed by atoms with E-state index in [4.69, 9.17) is 23.7 Å². The molecule has 1 aromatic rings. The van der Waals surface area contributed by atoms with Gasteiger partial charge >= 0.3 is 17.1 Å². The highest BCUT2D eigenvalue weighted by molar-refractivity contribution is 4.87. The van der Waals surface area contributed by atoms with Crippen LogP contribution in [0.2, 0.25) is 0 Å². The van der Waals surface area contributed by atoms with Gasteiger partial charge in [0.15, 0.2) is 0 Å². The second-order valence-electron chi connectivity index (χ2n) is 5.70. The molecule has 1 unspecified atom stereocenters. The fraction of sp³-hybridized carbons (Fsp3) is 0.786. The maximum Gasteiger partial charge on any atom is 0.345 e. The van der Waals surface area contributed by atoms with Crippen LogP contribution in [-0.2, 0) is 42.1 Å². The number of epoxide rings is 1. The Kier molecular flexibility index (Phi) is 5.35. The molecule has 0 saturated carbocycles. The van der Waals surface area contributed by atoms with E-state index in [-0.39, 0.29) is 12.6 Å². The van der Waals surface area contributed by atoms with Crippen molar-refractivity contribution >= 4 is 0 Å². The number of ether oxygens (including phenoxy) is 5. The van der Waals surface area contributed by atoms with E-state index < -0.39 is 28.9 Å². The van der Waals surface area contributed by atoms with E-state index in [1.54, 1.807) is 0 Å². The van der Waals surface area contributed by atoms with Gasteiger partial charge < -0.3 is 23.7 Å². The molecule has 0 bridgehead atoms. The van der Waals surface area contributed by atoms with Crippen molar-refractivity contribution in [1.29, 1.82) is 0 Å². The molecule has 1 fully saturated rings. The predicted molar refractivity (Wildman–Crippen MR) is 84.3 cm³/mol. The lowest BCUT2D eigenvalue weighted by Gasteiger charge is -2.32. The zero-order chi connectivity index (χ0) is 19.0. The minimum absolute atomic E-state index is 0.0229. The molecule has 1 atom stereocenters. The lowest BCUT2D eigenvalue weighted by Crippen LogP contribution is -2.64. The summed E-state index contributed by atoms with van der Waals surface area (Å²) < 4.78 is 28.1. The molecule has 1 saturated heterocycles. The van der Waals surface area contributed by atoms with Crippen LogP contribution in [-0.4, -0.2) is 54.9 Å². The molecule has 1 aliphatic heterocycles. The van der Waals surface area contributed by atoms with Crippen LogP contribution in [0.1, 0.15) is 13.8 Å². The van der Waals surface area contributed by atoms with Gasteiger partial charge in [0.1, 0.15) is 0 Å². The van der Waals surface area contributed by atoms with Crippen molar-refractivity contribution in [3.05, 3.63) is 31.5 Å². The first-order chi connectivity index (χ1) is 11.7.